The molecule has 10 aromatic rings. The maximum absolute atomic E-state index is 12.8. The Kier molecular flexibility index (Phi) is 24.8. The molecule has 8 aliphatic heterocycles. The Bertz CT molecular complexity index is 5200. The number of likely N-dealkylation sites (N-methyl/N-ethyl adjacent to an activating group) is 4. The highest BCUT2D eigenvalue weighted by molar-refractivity contribution is 7.11. The van der Waals surface area contributed by atoms with E-state index in [0.717, 1.165) is 117 Å². The summed E-state index contributed by atoms with van der Waals surface area (Å²) >= 11 is 1.38. The van der Waals surface area contributed by atoms with E-state index in [-0.39, 0.29) is 48.9 Å². The number of unbranched alkanes of at least 4 members (excludes halogenated alkanes) is 2. The van der Waals surface area contributed by atoms with E-state index in [4.69, 9.17) is 53.9 Å². The predicted molar refractivity (Wildman–Crippen MR) is 443 cm³/mol. The molecule has 2 unspecified atom stereocenters. The van der Waals surface area contributed by atoms with E-state index in [1.165, 1.54) is 44.7 Å². The lowest BCUT2D eigenvalue weighted by atomic mass is 9.86. The van der Waals surface area contributed by atoms with Gasteiger partial charge in [0.1, 0.15) is 11.5 Å². The summed E-state index contributed by atoms with van der Waals surface area (Å²) < 4.78 is 64.3. The fourth-order valence-corrected chi connectivity index (χ4v) is 17.7. The highest BCUT2D eigenvalue weighted by Crippen LogP contribution is 2.53. The second-order valence-electron chi connectivity index (χ2n) is 30.7. The first kappa shape index (κ1) is 79.4. The summed E-state index contributed by atoms with van der Waals surface area (Å²) in [5, 5.41) is 21.1. The molecule has 4 atom stereocenters. The van der Waals surface area contributed by atoms with Gasteiger partial charge in [0.05, 0.1) is 71.8 Å². The molecule has 20 nitrogen and oxygen atoms in total. The first-order valence-corrected chi connectivity index (χ1v) is 40.7. The van der Waals surface area contributed by atoms with Crippen LogP contribution in [0.4, 0.5) is 5.69 Å². The van der Waals surface area contributed by atoms with Crippen LogP contribution in [-0.2, 0) is 64.6 Å². The van der Waals surface area contributed by atoms with Gasteiger partial charge in [-0.15, -0.1) is 11.3 Å². The van der Waals surface area contributed by atoms with Gasteiger partial charge in [-0.1, -0.05) is 60.7 Å². The molecule has 2 N–H and O–H groups in total. The van der Waals surface area contributed by atoms with Crippen molar-refractivity contribution < 1.29 is 67.2 Å². The number of hydrogen-bond acceptors (Lipinski definition) is 20. The summed E-state index contributed by atoms with van der Waals surface area (Å²) in [7, 11) is 15.3. The van der Waals surface area contributed by atoms with Crippen molar-refractivity contribution in [2.75, 3.05) is 96.0 Å². The van der Waals surface area contributed by atoms with E-state index in [9.17, 15) is 19.8 Å². The summed E-state index contributed by atoms with van der Waals surface area (Å²) in [4.78, 5) is 43.0. The second-order valence-corrected chi connectivity index (χ2v) is 31.6. The number of aliphatic hydroxyl groups excluding tert-OH is 2. The fraction of sp³-hybridized carbons (Fsp3) is 0.362. The van der Waals surface area contributed by atoms with Crippen molar-refractivity contribution in [2.24, 2.45) is 0 Å². The third-order valence-electron chi connectivity index (χ3n) is 23.5. The van der Waals surface area contributed by atoms with Crippen LogP contribution < -0.4 is 47.4 Å². The largest absolute Gasteiger partial charge is 0.493 e. The molecule has 21 heteroatoms. The minimum absolute atomic E-state index is 0.0557. The Morgan fingerprint density at radius 2 is 0.887 bits per heavy atom. The van der Waals surface area contributed by atoms with Gasteiger partial charge >= 0.3 is 0 Å². The van der Waals surface area contributed by atoms with Crippen molar-refractivity contribution in [3.05, 3.63) is 257 Å². The summed E-state index contributed by atoms with van der Waals surface area (Å²) in [6.07, 6.45) is 11.6. The number of carbonyl (C=O) groups is 2. The van der Waals surface area contributed by atoms with Gasteiger partial charge in [-0.05, 0) is 246 Å². The number of rotatable bonds is 20. The van der Waals surface area contributed by atoms with Gasteiger partial charge in [0, 0.05) is 97.2 Å². The van der Waals surface area contributed by atoms with E-state index in [1.54, 1.807) is 64.4 Å². The van der Waals surface area contributed by atoms with Crippen molar-refractivity contribution in [3.63, 3.8) is 0 Å². The summed E-state index contributed by atoms with van der Waals surface area (Å²) in [6, 6.07) is 48.5. The smallest absolute Gasteiger partial charge is 0.187 e. The van der Waals surface area contributed by atoms with E-state index < -0.39 is 0 Å². The molecule has 0 fully saturated rings. The van der Waals surface area contributed by atoms with Crippen molar-refractivity contribution >= 4 is 28.6 Å². The average molecular weight is 1570 g/mol. The van der Waals surface area contributed by atoms with Gasteiger partial charge in [-0.25, -0.2) is 4.85 Å². The number of methoxy groups -OCH3 is 4. The zero-order valence-electron chi connectivity index (χ0n) is 66.8. The van der Waals surface area contributed by atoms with Gasteiger partial charge in [0.15, 0.2) is 86.2 Å². The first-order chi connectivity index (χ1) is 56.1. The quantitative estimate of drug-likeness (QED) is 0.0415. The van der Waals surface area contributed by atoms with Gasteiger partial charge in [-0.2, -0.15) is 0 Å². The Hall–Kier alpha value is -10.8. The van der Waals surface area contributed by atoms with Gasteiger partial charge in [0.25, 0.3) is 0 Å². The fourth-order valence-electron chi connectivity index (χ4n) is 17.1. The number of carbonyl (C=O) groups excluding carboxylic acids is 2. The van der Waals surface area contributed by atoms with E-state index in [2.05, 4.69) is 143 Å². The molecular formula is C94H100N6O14S. The number of Topliss-reactive ketones (excluding diaryl/α,β-unsaturated/α-hetero) is 2. The van der Waals surface area contributed by atoms with Crippen LogP contribution in [0, 0.1) is 6.57 Å². The third-order valence-corrected chi connectivity index (χ3v) is 24.3. The monoisotopic (exact) mass is 1570 g/mol. The zero-order valence-corrected chi connectivity index (χ0v) is 67.6. The van der Waals surface area contributed by atoms with Crippen molar-refractivity contribution in [3.8, 4) is 80.5 Å². The number of benzene rings is 9. The highest BCUT2D eigenvalue weighted by Gasteiger charge is 2.38. The van der Waals surface area contributed by atoms with Crippen molar-refractivity contribution in [1.29, 1.82) is 0 Å². The van der Waals surface area contributed by atoms with Crippen LogP contribution in [-0.4, -0.2) is 142 Å². The van der Waals surface area contributed by atoms with Gasteiger partial charge < -0.3 is 57.6 Å². The molecule has 12 bridgehead atoms. The van der Waals surface area contributed by atoms with Crippen LogP contribution in [0.2, 0.25) is 0 Å². The van der Waals surface area contributed by atoms with E-state index >= 15 is 0 Å². The molecular weight excluding hydrogens is 1470 g/mol. The number of ether oxygens (including phenoxy) is 10. The maximum atomic E-state index is 12.8. The maximum Gasteiger partial charge on any atom is 0.187 e. The van der Waals surface area contributed by atoms with Crippen LogP contribution in [0.3, 0.4) is 0 Å². The number of nitrogens with zero attached hydrogens (tertiary/aromatic N) is 6. The average Bonchev–Trinajstić information content (AvgIpc) is 0.878. The Morgan fingerprint density at radius 3 is 1.30 bits per heavy atom. The Labute approximate surface area is 677 Å². The standard InChI is InChI=1S/C49H51N3O7.C45H49N3O7S/c1-50-37-14-12-33(13-15-37)42(54)8-6-7-23-57-43-18-11-32-25-41-47-35(20-22-52(41)3)27-36(30-53)48(56-5)49(47)59-46-29-39-34(28-44(46)55-4)19-21-51(2)40(39)24-31-9-16-38(17-10-31)58-45(43)26-32;1-47-16-14-30-23-39(51-3)41-24-34(30)35(47)19-28-8-11-33(12-9-28)54-40-21-29(10-13-38(40)53-18-6-5-7-37(50)42-25-46-27-56-42)20-36-43-31(15-17-48(36)2)22-32(26-49)44(52-4)45(43)55-41/h9-18,26-29,40-41,53H,6-8,19-25,30H2,2-5H3;8-13,21-25,27,35-36,49H,5-7,14-20,26H2,1-4H3/t40?,41-;35?,36-/m11/s1. The number of ketones is 2. The summed E-state index contributed by atoms with van der Waals surface area (Å²) in [5.41, 5.74) is 17.9. The lowest BCUT2D eigenvalue weighted by molar-refractivity contribution is 0.0971. The molecule has 0 saturated carbocycles. The van der Waals surface area contributed by atoms with Crippen LogP contribution in [0.5, 0.6) is 80.5 Å². The van der Waals surface area contributed by atoms with Crippen molar-refractivity contribution in [2.45, 2.75) is 127 Å². The molecule has 9 aromatic carbocycles. The Morgan fingerprint density at radius 1 is 0.470 bits per heavy atom. The topological polar surface area (TPSA) is 197 Å². The summed E-state index contributed by atoms with van der Waals surface area (Å²) in [6.45, 7) is 11.2. The molecule has 115 heavy (non-hydrogen) atoms. The molecule has 0 spiro atoms. The van der Waals surface area contributed by atoms with Crippen LogP contribution in [0.1, 0.15) is 161 Å². The van der Waals surface area contributed by atoms with E-state index in [0.29, 0.717) is 154 Å². The molecule has 8 aliphatic rings. The van der Waals surface area contributed by atoms with E-state index in [1.807, 2.05) is 36.4 Å². The van der Waals surface area contributed by atoms with Gasteiger partial charge in [0.2, 0.25) is 0 Å². The minimum atomic E-state index is -0.184. The zero-order chi connectivity index (χ0) is 79.8. The molecule has 9 heterocycles. The lowest BCUT2D eigenvalue weighted by Gasteiger charge is -2.37. The van der Waals surface area contributed by atoms with Crippen molar-refractivity contribution in [1.82, 2.24) is 24.6 Å². The SMILES string of the molecule is COc1cc2c3cc1Oc1c(OC)c(CO)cc4c1[C@@H](Cc1ccc(OCCCCC(=O)c5cncs5)c(c1)Oc1ccc(cc1)CC3N(C)CC2)N(C)CC4.[C-]#[N+]c1ccc(C(=O)CCCCOc2ccc3cc2Oc2ccc(cc2)CC2c4cc(c(OC)cc4CCN2C)Oc2c(OC)c(CO)cc4c2[C@@H](C3)N(C)CC4)cc1. The number of aromatic nitrogens is 1. The number of thiazole rings is 1. The molecule has 596 valence electrons. The molecule has 18 rings (SSSR count). The minimum Gasteiger partial charge on any atom is -0.493 e. The first-order valence-electron chi connectivity index (χ1n) is 39.8. The molecule has 1 aromatic heterocycles. The predicted octanol–water partition coefficient (Wildman–Crippen LogP) is 18.1. The number of hydrogen-bond donors (Lipinski definition) is 2. The molecule has 0 aliphatic carbocycles. The van der Waals surface area contributed by atoms with Crippen LogP contribution in [0.15, 0.2) is 157 Å². The molecule has 0 amide bonds. The Balaban J connectivity index is 0.000000181. The number of fused-ring (bicyclic) bond motifs is 4. The highest BCUT2D eigenvalue weighted by atomic mass is 32.1. The lowest BCUT2D eigenvalue weighted by Crippen LogP contribution is -2.34. The second kappa shape index (κ2) is 35.9. The van der Waals surface area contributed by atoms with Gasteiger partial charge in [-0.3, -0.25) is 34.2 Å². The normalized spacial score (nSPS) is 17.6. The molecule has 0 radical (unpaired) electrons. The molecule has 0 saturated heterocycles. The third kappa shape index (κ3) is 17.4. The summed E-state index contributed by atoms with van der Waals surface area (Å²) in [5.74, 6) is 8.95. The van der Waals surface area contributed by atoms with Crippen LogP contribution in [0.25, 0.3) is 4.85 Å². The number of aliphatic hydroxyl groups is 2. The van der Waals surface area contributed by atoms with Crippen LogP contribution >= 0.6 is 11.3 Å².